The van der Waals surface area contributed by atoms with Crippen molar-refractivity contribution in [2.24, 2.45) is 0 Å². The average molecular weight is 291 g/mol. The van der Waals surface area contributed by atoms with Crippen molar-refractivity contribution in [1.82, 2.24) is 14.8 Å². The molecule has 1 saturated heterocycles. The number of likely N-dealkylation sites (tertiary alicyclic amines) is 1. The van der Waals surface area contributed by atoms with E-state index in [1.54, 1.807) is 16.8 Å². The van der Waals surface area contributed by atoms with Crippen molar-refractivity contribution in [2.75, 3.05) is 19.6 Å². The van der Waals surface area contributed by atoms with Gasteiger partial charge >= 0.3 is 0 Å². The molecule has 1 fully saturated rings. The van der Waals surface area contributed by atoms with Crippen LogP contribution in [0.2, 0.25) is 0 Å². The predicted molar refractivity (Wildman–Crippen MR) is 83.6 cm³/mol. The Morgan fingerprint density at radius 1 is 1.19 bits per heavy atom. The number of nitrogens with zero attached hydrogens (tertiary/aromatic N) is 2. The number of nitrogens with one attached hydrogen (secondary N) is 1. The van der Waals surface area contributed by atoms with Gasteiger partial charge in [0, 0.05) is 31.4 Å². The van der Waals surface area contributed by atoms with Crippen molar-refractivity contribution in [2.45, 2.75) is 45.7 Å². The highest BCUT2D eigenvalue weighted by atomic mass is 16.2. The lowest BCUT2D eigenvalue weighted by Gasteiger charge is -2.26. The van der Waals surface area contributed by atoms with Crippen molar-refractivity contribution in [3.63, 3.8) is 0 Å². The maximum Gasteiger partial charge on any atom is 0.252 e. The van der Waals surface area contributed by atoms with Crippen LogP contribution in [0.15, 0.2) is 23.1 Å². The van der Waals surface area contributed by atoms with Gasteiger partial charge in [-0.25, -0.2) is 0 Å². The van der Waals surface area contributed by atoms with Gasteiger partial charge in [-0.05, 0) is 45.8 Å². The summed E-state index contributed by atoms with van der Waals surface area (Å²) in [5.41, 5.74) is 0.495. The molecule has 0 spiro atoms. The van der Waals surface area contributed by atoms with Crippen LogP contribution in [-0.2, 0) is 6.54 Å². The van der Waals surface area contributed by atoms with Gasteiger partial charge in [-0.15, -0.1) is 0 Å². The Hall–Kier alpha value is -1.62. The van der Waals surface area contributed by atoms with E-state index in [2.05, 4.69) is 10.2 Å². The molecule has 0 atom stereocenters. The summed E-state index contributed by atoms with van der Waals surface area (Å²) in [5.74, 6) is -0.128. The molecule has 0 aromatic carbocycles. The summed E-state index contributed by atoms with van der Waals surface area (Å²) in [4.78, 5) is 26.3. The first-order valence-electron chi connectivity index (χ1n) is 7.80. The number of hydrogen-bond donors (Lipinski definition) is 1. The third kappa shape index (κ3) is 4.70. The first-order chi connectivity index (χ1) is 10.1. The molecule has 0 bridgehead atoms. The molecule has 5 heteroatoms. The van der Waals surface area contributed by atoms with Crippen LogP contribution in [-0.4, -0.2) is 41.1 Å². The quantitative estimate of drug-likeness (QED) is 0.894. The minimum atomic E-state index is -0.128. The molecule has 1 aliphatic heterocycles. The lowest BCUT2D eigenvalue weighted by atomic mass is 10.1. The molecule has 0 aliphatic carbocycles. The number of aromatic nitrogens is 1. The van der Waals surface area contributed by atoms with Gasteiger partial charge in [0.25, 0.3) is 11.5 Å². The lowest BCUT2D eigenvalue weighted by Crippen LogP contribution is -2.35. The highest BCUT2D eigenvalue weighted by molar-refractivity contribution is 5.93. The van der Waals surface area contributed by atoms with Gasteiger partial charge in [0.2, 0.25) is 0 Å². The number of pyridine rings is 1. The van der Waals surface area contributed by atoms with Gasteiger partial charge in [0.15, 0.2) is 0 Å². The van der Waals surface area contributed by atoms with Crippen molar-refractivity contribution in [3.8, 4) is 0 Å². The van der Waals surface area contributed by atoms with E-state index in [0.717, 1.165) is 19.6 Å². The van der Waals surface area contributed by atoms with E-state index >= 15 is 0 Å². The highest BCUT2D eigenvalue weighted by Crippen LogP contribution is 2.08. The second-order valence-corrected chi connectivity index (χ2v) is 5.98. The molecular weight excluding hydrogens is 266 g/mol. The SMILES string of the molecule is CC(C)NC(=O)c1ccc(=O)n(CCN2CCCCC2)c1. The minimum Gasteiger partial charge on any atom is -0.350 e. The standard InChI is InChI=1S/C16H25N3O2/c1-13(2)17-16(21)14-6-7-15(20)19(12-14)11-10-18-8-4-3-5-9-18/h6-7,12-13H,3-5,8-11H2,1-2H3,(H,17,21). The molecule has 0 radical (unpaired) electrons. The Labute approximate surface area is 126 Å². The van der Waals surface area contributed by atoms with Crippen molar-refractivity contribution >= 4 is 5.91 Å². The van der Waals surface area contributed by atoms with Gasteiger partial charge in [0.05, 0.1) is 5.56 Å². The number of carbonyl (C=O) groups excluding carboxylic acids is 1. The zero-order valence-electron chi connectivity index (χ0n) is 13.0. The van der Waals surface area contributed by atoms with Crippen LogP contribution < -0.4 is 10.9 Å². The molecule has 1 N–H and O–H groups in total. The molecular formula is C16H25N3O2. The third-order valence-corrected chi connectivity index (χ3v) is 3.77. The first kappa shape index (κ1) is 15.8. The van der Waals surface area contributed by atoms with E-state index in [9.17, 15) is 9.59 Å². The summed E-state index contributed by atoms with van der Waals surface area (Å²) in [6.07, 6.45) is 5.46. The Bertz CT molecular complexity index is 531. The summed E-state index contributed by atoms with van der Waals surface area (Å²) < 4.78 is 1.64. The maximum atomic E-state index is 12.0. The van der Waals surface area contributed by atoms with Crippen LogP contribution >= 0.6 is 0 Å². The van der Waals surface area contributed by atoms with E-state index in [4.69, 9.17) is 0 Å². The lowest BCUT2D eigenvalue weighted by molar-refractivity contribution is 0.0942. The van der Waals surface area contributed by atoms with E-state index in [-0.39, 0.29) is 17.5 Å². The molecule has 5 nitrogen and oxygen atoms in total. The number of hydrogen-bond acceptors (Lipinski definition) is 3. The van der Waals surface area contributed by atoms with Gasteiger partial charge < -0.3 is 14.8 Å². The maximum absolute atomic E-state index is 12.0. The highest BCUT2D eigenvalue weighted by Gasteiger charge is 2.12. The second kappa shape index (κ2) is 7.41. The largest absolute Gasteiger partial charge is 0.350 e. The Balaban J connectivity index is 2.01. The number of piperidine rings is 1. The number of amides is 1. The average Bonchev–Trinajstić information content (AvgIpc) is 2.46. The smallest absolute Gasteiger partial charge is 0.252 e. The van der Waals surface area contributed by atoms with Gasteiger partial charge in [-0.3, -0.25) is 9.59 Å². The molecule has 1 aromatic rings. The second-order valence-electron chi connectivity index (χ2n) is 5.98. The van der Waals surface area contributed by atoms with Gasteiger partial charge in [0.1, 0.15) is 0 Å². The topological polar surface area (TPSA) is 54.3 Å². The fourth-order valence-corrected chi connectivity index (χ4v) is 2.62. The summed E-state index contributed by atoms with van der Waals surface area (Å²) in [7, 11) is 0. The molecule has 1 amide bonds. The van der Waals surface area contributed by atoms with Gasteiger partial charge in [-0.1, -0.05) is 6.42 Å². The summed E-state index contributed by atoms with van der Waals surface area (Å²) in [6, 6.07) is 3.16. The fourth-order valence-electron chi connectivity index (χ4n) is 2.62. The summed E-state index contributed by atoms with van der Waals surface area (Å²) in [5, 5.41) is 2.85. The molecule has 0 unspecified atom stereocenters. The number of rotatable bonds is 5. The molecule has 116 valence electrons. The molecule has 1 aromatic heterocycles. The van der Waals surface area contributed by atoms with Crippen LogP contribution in [0.25, 0.3) is 0 Å². The monoisotopic (exact) mass is 291 g/mol. The summed E-state index contributed by atoms with van der Waals surface area (Å²) >= 11 is 0. The zero-order chi connectivity index (χ0) is 15.2. The van der Waals surface area contributed by atoms with E-state index < -0.39 is 0 Å². The fraction of sp³-hybridized carbons (Fsp3) is 0.625. The Kier molecular flexibility index (Phi) is 5.56. The van der Waals surface area contributed by atoms with Gasteiger partial charge in [-0.2, -0.15) is 0 Å². The minimum absolute atomic E-state index is 0.0480. The van der Waals surface area contributed by atoms with Crippen molar-refractivity contribution < 1.29 is 4.79 Å². The number of carbonyl (C=O) groups is 1. The van der Waals surface area contributed by atoms with Crippen molar-refractivity contribution in [3.05, 3.63) is 34.2 Å². The zero-order valence-corrected chi connectivity index (χ0v) is 13.0. The van der Waals surface area contributed by atoms with Crippen LogP contribution in [0.4, 0.5) is 0 Å². The van der Waals surface area contributed by atoms with Crippen LogP contribution in [0.1, 0.15) is 43.5 Å². The first-order valence-corrected chi connectivity index (χ1v) is 7.80. The third-order valence-electron chi connectivity index (χ3n) is 3.77. The van der Waals surface area contributed by atoms with Crippen molar-refractivity contribution in [1.29, 1.82) is 0 Å². The van der Waals surface area contributed by atoms with Crippen LogP contribution in [0, 0.1) is 0 Å². The van der Waals surface area contributed by atoms with Crippen LogP contribution in [0.5, 0.6) is 0 Å². The molecule has 21 heavy (non-hydrogen) atoms. The van der Waals surface area contributed by atoms with E-state index in [1.165, 1.54) is 25.3 Å². The molecule has 2 heterocycles. The molecule has 0 saturated carbocycles. The summed E-state index contributed by atoms with van der Waals surface area (Å²) in [6.45, 7) is 7.58. The normalized spacial score (nSPS) is 16.1. The Morgan fingerprint density at radius 2 is 1.90 bits per heavy atom. The van der Waals surface area contributed by atoms with E-state index in [1.807, 2.05) is 13.8 Å². The predicted octanol–water partition coefficient (Wildman–Crippen LogP) is 1.47. The van der Waals surface area contributed by atoms with E-state index in [0.29, 0.717) is 12.1 Å². The Morgan fingerprint density at radius 3 is 2.57 bits per heavy atom. The molecule has 1 aliphatic rings. The molecule has 2 rings (SSSR count). The van der Waals surface area contributed by atoms with Crippen LogP contribution in [0.3, 0.4) is 0 Å².